The van der Waals surface area contributed by atoms with Crippen LogP contribution in [-0.2, 0) is 16.0 Å². The maximum Gasteiger partial charge on any atom is 0.118 e. The lowest BCUT2D eigenvalue weighted by atomic mass is 10.1. The van der Waals surface area contributed by atoms with Gasteiger partial charge in [-0.3, -0.25) is 4.90 Å². The minimum atomic E-state index is 0.218. The molecule has 3 rings (SSSR count). The van der Waals surface area contributed by atoms with E-state index in [1.54, 1.807) is 14.2 Å². The second-order valence-corrected chi connectivity index (χ2v) is 5.57. The largest absolute Gasteiger partial charge is 0.497 e. The number of ether oxygens (including phenoxy) is 3. The maximum absolute atomic E-state index is 5.92. The molecule has 110 valence electrons. The highest BCUT2D eigenvalue weighted by Gasteiger charge is 2.42. The number of fused-ring (bicyclic) bond motifs is 2. The first-order chi connectivity index (χ1) is 9.81. The van der Waals surface area contributed by atoms with E-state index in [2.05, 4.69) is 17.0 Å². The third kappa shape index (κ3) is 2.68. The van der Waals surface area contributed by atoms with Crippen LogP contribution < -0.4 is 4.74 Å². The first-order valence-electron chi connectivity index (χ1n) is 7.33. The molecule has 0 aromatic heterocycles. The van der Waals surface area contributed by atoms with Crippen LogP contribution in [-0.4, -0.2) is 50.5 Å². The summed E-state index contributed by atoms with van der Waals surface area (Å²) in [6.07, 6.45) is 2.78. The summed E-state index contributed by atoms with van der Waals surface area (Å²) in [7, 11) is 3.50. The fourth-order valence-corrected chi connectivity index (χ4v) is 3.44. The summed E-state index contributed by atoms with van der Waals surface area (Å²) in [6, 6.07) is 8.80. The first-order valence-corrected chi connectivity index (χ1v) is 7.33. The molecule has 3 atom stereocenters. The predicted molar refractivity (Wildman–Crippen MR) is 77.0 cm³/mol. The Kier molecular flexibility index (Phi) is 4.24. The number of benzene rings is 1. The van der Waals surface area contributed by atoms with Crippen molar-refractivity contribution in [2.75, 3.05) is 27.4 Å². The standard InChI is InChI=1S/C16H23NO3/c1-18-13-5-3-12(4-6-13)11-17-9-10-20-15-8-7-14(17)16(15)19-2/h3-6,14-16H,7-11H2,1-2H3/t14-,15-,16+/m0/s1. The highest BCUT2D eigenvalue weighted by atomic mass is 16.5. The molecule has 4 nitrogen and oxygen atoms in total. The van der Waals surface area contributed by atoms with Gasteiger partial charge in [0.1, 0.15) is 5.75 Å². The van der Waals surface area contributed by atoms with Crippen LogP contribution in [0.2, 0.25) is 0 Å². The Morgan fingerprint density at radius 3 is 2.70 bits per heavy atom. The third-order valence-electron chi connectivity index (χ3n) is 4.49. The highest BCUT2D eigenvalue weighted by molar-refractivity contribution is 5.27. The molecule has 0 radical (unpaired) electrons. The van der Waals surface area contributed by atoms with Gasteiger partial charge in [-0.15, -0.1) is 0 Å². The average molecular weight is 277 g/mol. The van der Waals surface area contributed by atoms with E-state index < -0.39 is 0 Å². The van der Waals surface area contributed by atoms with E-state index in [0.29, 0.717) is 6.04 Å². The second kappa shape index (κ2) is 6.12. The summed E-state index contributed by atoms with van der Waals surface area (Å²) >= 11 is 0. The van der Waals surface area contributed by atoms with Gasteiger partial charge >= 0.3 is 0 Å². The second-order valence-electron chi connectivity index (χ2n) is 5.57. The topological polar surface area (TPSA) is 30.9 Å². The molecule has 2 aliphatic rings. The van der Waals surface area contributed by atoms with Crippen molar-refractivity contribution < 1.29 is 14.2 Å². The van der Waals surface area contributed by atoms with Gasteiger partial charge in [0.15, 0.2) is 0 Å². The molecule has 1 aromatic rings. The van der Waals surface area contributed by atoms with Crippen LogP contribution >= 0.6 is 0 Å². The van der Waals surface area contributed by atoms with Crippen molar-refractivity contribution in [3.8, 4) is 5.75 Å². The fourth-order valence-electron chi connectivity index (χ4n) is 3.44. The smallest absolute Gasteiger partial charge is 0.118 e. The Labute approximate surface area is 120 Å². The van der Waals surface area contributed by atoms with Gasteiger partial charge in [-0.1, -0.05) is 12.1 Å². The molecular weight excluding hydrogens is 254 g/mol. The normalized spacial score (nSPS) is 30.2. The lowest BCUT2D eigenvalue weighted by Gasteiger charge is -2.30. The van der Waals surface area contributed by atoms with Crippen molar-refractivity contribution in [3.63, 3.8) is 0 Å². The van der Waals surface area contributed by atoms with Crippen LogP contribution in [0.5, 0.6) is 5.75 Å². The van der Waals surface area contributed by atoms with Crippen molar-refractivity contribution in [3.05, 3.63) is 29.8 Å². The predicted octanol–water partition coefficient (Wildman–Crippen LogP) is 2.07. The fraction of sp³-hybridized carbons (Fsp3) is 0.625. The van der Waals surface area contributed by atoms with Gasteiger partial charge < -0.3 is 14.2 Å². The highest BCUT2D eigenvalue weighted by Crippen LogP contribution is 2.32. The zero-order chi connectivity index (χ0) is 13.9. The van der Waals surface area contributed by atoms with Crippen LogP contribution in [0.3, 0.4) is 0 Å². The van der Waals surface area contributed by atoms with E-state index in [1.165, 1.54) is 12.0 Å². The number of nitrogens with zero attached hydrogens (tertiary/aromatic N) is 1. The van der Waals surface area contributed by atoms with E-state index in [-0.39, 0.29) is 12.2 Å². The molecule has 1 saturated heterocycles. The van der Waals surface area contributed by atoms with Gasteiger partial charge in [0, 0.05) is 26.2 Å². The van der Waals surface area contributed by atoms with Gasteiger partial charge in [-0.05, 0) is 30.5 Å². The molecule has 0 N–H and O–H groups in total. The van der Waals surface area contributed by atoms with Gasteiger partial charge in [-0.25, -0.2) is 0 Å². The summed E-state index contributed by atoms with van der Waals surface area (Å²) in [5.41, 5.74) is 1.31. The Morgan fingerprint density at radius 2 is 2.00 bits per heavy atom. The average Bonchev–Trinajstić information content (AvgIpc) is 2.80. The van der Waals surface area contributed by atoms with E-state index in [0.717, 1.165) is 31.9 Å². The summed E-state index contributed by atoms with van der Waals surface area (Å²) in [4.78, 5) is 2.50. The zero-order valence-electron chi connectivity index (χ0n) is 12.2. The Hall–Kier alpha value is -1.10. The molecule has 0 amide bonds. The zero-order valence-corrected chi connectivity index (χ0v) is 12.2. The molecule has 1 heterocycles. The van der Waals surface area contributed by atoms with Crippen molar-refractivity contribution in [1.82, 2.24) is 4.90 Å². The Morgan fingerprint density at radius 1 is 1.20 bits per heavy atom. The number of methoxy groups -OCH3 is 2. The van der Waals surface area contributed by atoms with E-state index in [4.69, 9.17) is 14.2 Å². The molecule has 0 unspecified atom stereocenters. The summed E-state index contributed by atoms with van der Waals surface area (Å²) in [5, 5.41) is 0. The minimum Gasteiger partial charge on any atom is -0.497 e. The van der Waals surface area contributed by atoms with Crippen LogP contribution in [0.15, 0.2) is 24.3 Å². The quantitative estimate of drug-likeness (QED) is 0.843. The van der Waals surface area contributed by atoms with Crippen LogP contribution in [0, 0.1) is 0 Å². The van der Waals surface area contributed by atoms with Gasteiger partial charge in [0.05, 0.1) is 25.9 Å². The summed E-state index contributed by atoms with van der Waals surface area (Å²) in [5.74, 6) is 0.906. The van der Waals surface area contributed by atoms with Crippen LogP contribution in [0.1, 0.15) is 18.4 Å². The minimum absolute atomic E-state index is 0.218. The molecule has 1 aromatic carbocycles. The third-order valence-corrected chi connectivity index (χ3v) is 4.49. The molecule has 1 aliphatic heterocycles. The number of rotatable bonds is 4. The lowest BCUT2D eigenvalue weighted by molar-refractivity contribution is -0.0326. The molecule has 20 heavy (non-hydrogen) atoms. The molecule has 2 fully saturated rings. The van der Waals surface area contributed by atoms with Crippen molar-refractivity contribution in [2.24, 2.45) is 0 Å². The van der Waals surface area contributed by atoms with Gasteiger partial charge in [0.25, 0.3) is 0 Å². The van der Waals surface area contributed by atoms with Gasteiger partial charge in [0.2, 0.25) is 0 Å². The maximum atomic E-state index is 5.92. The van der Waals surface area contributed by atoms with Crippen molar-refractivity contribution >= 4 is 0 Å². The summed E-state index contributed by atoms with van der Waals surface area (Å²) in [6.45, 7) is 2.73. The van der Waals surface area contributed by atoms with E-state index in [9.17, 15) is 0 Å². The van der Waals surface area contributed by atoms with Crippen LogP contribution in [0.25, 0.3) is 0 Å². The molecule has 1 aliphatic carbocycles. The SMILES string of the molecule is COc1ccc(CN2CCO[C@H]3CC[C@H]2[C@H]3OC)cc1. The molecule has 1 saturated carbocycles. The van der Waals surface area contributed by atoms with E-state index in [1.807, 2.05) is 12.1 Å². The van der Waals surface area contributed by atoms with Crippen molar-refractivity contribution in [1.29, 1.82) is 0 Å². The van der Waals surface area contributed by atoms with Gasteiger partial charge in [-0.2, -0.15) is 0 Å². The summed E-state index contributed by atoms with van der Waals surface area (Å²) < 4.78 is 16.8. The molecule has 0 spiro atoms. The number of hydrogen-bond donors (Lipinski definition) is 0. The molecular formula is C16H23NO3. The Balaban J connectivity index is 1.71. The molecule has 2 bridgehead atoms. The van der Waals surface area contributed by atoms with Crippen LogP contribution in [0.4, 0.5) is 0 Å². The Bertz CT molecular complexity index is 434. The number of hydrogen-bond acceptors (Lipinski definition) is 4. The van der Waals surface area contributed by atoms with E-state index >= 15 is 0 Å². The molecule has 4 heteroatoms. The van der Waals surface area contributed by atoms with Crippen molar-refractivity contribution in [2.45, 2.75) is 37.6 Å². The monoisotopic (exact) mass is 277 g/mol. The lowest BCUT2D eigenvalue weighted by Crippen LogP contribution is -2.42. The first kappa shape index (κ1) is 13.9.